The van der Waals surface area contributed by atoms with Crippen molar-refractivity contribution < 1.29 is 9.53 Å². The van der Waals surface area contributed by atoms with Crippen molar-refractivity contribution in [2.45, 2.75) is 12.8 Å². The summed E-state index contributed by atoms with van der Waals surface area (Å²) >= 11 is 0. The lowest BCUT2D eigenvalue weighted by atomic mass is 9.96. The fourth-order valence-corrected chi connectivity index (χ4v) is 2.38. The Labute approximate surface area is 118 Å². The standard InChI is InChI=1S/C14H18N4O2/c1-20-14(19)17-10-11-4-7-18(8-5-11)13-12(9-15)3-2-6-16-13/h2-3,6,11H,4-5,7-8,10H2,1H3,(H,17,19). The Hall–Kier alpha value is -2.29. The molecule has 1 fully saturated rings. The van der Waals surface area contributed by atoms with Gasteiger partial charge in [0, 0.05) is 25.8 Å². The molecular formula is C14H18N4O2. The molecule has 6 heteroatoms. The van der Waals surface area contributed by atoms with E-state index in [2.05, 4.69) is 26.0 Å². The molecule has 2 heterocycles. The fraction of sp³-hybridized carbons (Fsp3) is 0.500. The van der Waals surface area contributed by atoms with Gasteiger partial charge in [0.25, 0.3) is 0 Å². The Morgan fingerprint density at radius 2 is 2.35 bits per heavy atom. The van der Waals surface area contributed by atoms with Crippen molar-refractivity contribution in [3.05, 3.63) is 23.9 Å². The zero-order chi connectivity index (χ0) is 14.4. The predicted octanol–water partition coefficient (Wildman–Crippen LogP) is 1.53. The lowest BCUT2D eigenvalue weighted by Gasteiger charge is -2.33. The second-order valence-corrected chi connectivity index (χ2v) is 4.79. The molecule has 1 aromatic rings. The van der Waals surface area contributed by atoms with Crippen molar-refractivity contribution in [1.82, 2.24) is 10.3 Å². The lowest BCUT2D eigenvalue weighted by Crippen LogP contribution is -2.39. The van der Waals surface area contributed by atoms with Gasteiger partial charge in [-0.1, -0.05) is 0 Å². The number of carbonyl (C=O) groups excluding carboxylic acids is 1. The number of rotatable bonds is 3. The Morgan fingerprint density at radius 3 is 3.00 bits per heavy atom. The first kappa shape index (κ1) is 14.1. The van der Waals surface area contributed by atoms with Gasteiger partial charge in [-0.2, -0.15) is 5.26 Å². The zero-order valence-electron chi connectivity index (χ0n) is 11.5. The molecule has 1 saturated heterocycles. The molecule has 1 aliphatic rings. The predicted molar refractivity (Wildman–Crippen MR) is 74.3 cm³/mol. The Kier molecular flexibility index (Phi) is 4.77. The minimum Gasteiger partial charge on any atom is -0.453 e. The summed E-state index contributed by atoms with van der Waals surface area (Å²) < 4.78 is 4.56. The van der Waals surface area contributed by atoms with Crippen LogP contribution in [0.5, 0.6) is 0 Å². The molecule has 0 unspecified atom stereocenters. The third-order valence-electron chi connectivity index (χ3n) is 3.54. The van der Waals surface area contributed by atoms with E-state index in [0.717, 1.165) is 31.7 Å². The third kappa shape index (κ3) is 3.38. The molecule has 6 nitrogen and oxygen atoms in total. The molecule has 0 bridgehead atoms. The SMILES string of the molecule is COC(=O)NCC1CCN(c2ncccc2C#N)CC1. The largest absolute Gasteiger partial charge is 0.453 e. The van der Waals surface area contributed by atoms with E-state index >= 15 is 0 Å². The molecule has 106 valence electrons. The topological polar surface area (TPSA) is 78.2 Å². The van der Waals surface area contributed by atoms with E-state index in [9.17, 15) is 4.79 Å². The number of aromatic nitrogens is 1. The average Bonchev–Trinajstić information content (AvgIpc) is 2.53. The first-order valence-corrected chi connectivity index (χ1v) is 6.66. The molecule has 2 rings (SSSR count). The number of nitrogens with one attached hydrogen (secondary N) is 1. The van der Waals surface area contributed by atoms with Gasteiger partial charge in [-0.25, -0.2) is 9.78 Å². The van der Waals surface area contributed by atoms with Crippen LogP contribution in [0.25, 0.3) is 0 Å². The Bertz CT molecular complexity index is 504. The van der Waals surface area contributed by atoms with Gasteiger partial charge < -0.3 is 15.0 Å². The van der Waals surface area contributed by atoms with Crippen molar-refractivity contribution in [2.75, 3.05) is 31.6 Å². The van der Waals surface area contributed by atoms with Crippen LogP contribution in [-0.4, -0.2) is 37.8 Å². The van der Waals surface area contributed by atoms with Gasteiger partial charge >= 0.3 is 6.09 Å². The number of hydrogen-bond acceptors (Lipinski definition) is 5. The van der Waals surface area contributed by atoms with E-state index in [1.165, 1.54) is 7.11 Å². The van der Waals surface area contributed by atoms with Crippen LogP contribution >= 0.6 is 0 Å². The van der Waals surface area contributed by atoms with E-state index < -0.39 is 0 Å². The minimum atomic E-state index is -0.385. The van der Waals surface area contributed by atoms with Gasteiger partial charge in [-0.05, 0) is 30.9 Å². The van der Waals surface area contributed by atoms with Gasteiger partial charge in [-0.15, -0.1) is 0 Å². The number of pyridine rings is 1. The molecular weight excluding hydrogens is 256 g/mol. The van der Waals surface area contributed by atoms with Gasteiger partial charge in [0.05, 0.1) is 12.7 Å². The average molecular weight is 274 g/mol. The summed E-state index contributed by atoms with van der Waals surface area (Å²) in [6.45, 7) is 2.33. The highest BCUT2D eigenvalue weighted by molar-refractivity contribution is 5.66. The normalized spacial score (nSPS) is 15.5. The number of ether oxygens (including phenoxy) is 1. The number of anilines is 1. The molecule has 0 aromatic carbocycles. The summed E-state index contributed by atoms with van der Waals surface area (Å²) in [6.07, 6.45) is 3.25. The van der Waals surface area contributed by atoms with Crippen molar-refractivity contribution in [2.24, 2.45) is 5.92 Å². The quantitative estimate of drug-likeness (QED) is 0.904. The van der Waals surface area contributed by atoms with Crippen molar-refractivity contribution >= 4 is 11.9 Å². The highest BCUT2D eigenvalue weighted by Gasteiger charge is 2.22. The number of methoxy groups -OCH3 is 1. The molecule has 0 radical (unpaired) electrons. The number of amides is 1. The summed E-state index contributed by atoms with van der Waals surface area (Å²) in [6, 6.07) is 5.73. The summed E-state index contributed by atoms with van der Waals surface area (Å²) in [7, 11) is 1.36. The molecule has 1 amide bonds. The molecule has 0 aliphatic carbocycles. The van der Waals surface area contributed by atoms with Crippen molar-refractivity contribution in [1.29, 1.82) is 5.26 Å². The second kappa shape index (κ2) is 6.75. The highest BCUT2D eigenvalue weighted by atomic mass is 16.5. The van der Waals surface area contributed by atoms with Crippen LogP contribution in [0.15, 0.2) is 18.3 Å². The van der Waals surface area contributed by atoms with E-state index in [-0.39, 0.29) is 6.09 Å². The molecule has 1 aromatic heterocycles. The molecule has 0 saturated carbocycles. The smallest absolute Gasteiger partial charge is 0.406 e. The van der Waals surface area contributed by atoms with Crippen LogP contribution in [0.1, 0.15) is 18.4 Å². The summed E-state index contributed by atoms with van der Waals surface area (Å²) in [5.74, 6) is 1.20. The van der Waals surface area contributed by atoms with Gasteiger partial charge in [-0.3, -0.25) is 0 Å². The van der Waals surface area contributed by atoms with Crippen LogP contribution in [0.4, 0.5) is 10.6 Å². The van der Waals surface area contributed by atoms with Crippen LogP contribution in [0.3, 0.4) is 0 Å². The zero-order valence-corrected chi connectivity index (χ0v) is 11.5. The number of nitriles is 1. The Morgan fingerprint density at radius 1 is 1.60 bits per heavy atom. The Balaban J connectivity index is 1.88. The maximum atomic E-state index is 11.0. The number of carbonyl (C=O) groups is 1. The van der Waals surface area contributed by atoms with Crippen LogP contribution < -0.4 is 10.2 Å². The van der Waals surface area contributed by atoms with E-state index in [4.69, 9.17) is 5.26 Å². The first-order chi connectivity index (χ1) is 9.74. The van der Waals surface area contributed by atoms with E-state index in [1.807, 2.05) is 0 Å². The fourth-order valence-electron chi connectivity index (χ4n) is 2.38. The van der Waals surface area contributed by atoms with Crippen molar-refractivity contribution in [3.8, 4) is 6.07 Å². The van der Waals surface area contributed by atoms with Gasteiger partial charge in [0.1, 0.15) is 11.9 Å². The van der Waals surface area contributed by atoms with Gasteiger partial charge in [0.2, 0.25) is 0 Å². The van der Waals surface area contributed by atoms with E-state index in [1.54, 1.807) is 18.3 Å². The van der Waals surface area contributed by atoms with Crippen LogP contribution in [0.2, 0.25) is 0 Å². The number of piperidine rings is 1. The summed E-state index contributed by atoms with van der Waals surface area (Å²) in [4.78, 5) is 17.5. The molecule has 0 spiro atoms. The maximum Gasteiger partial charge on any atom is 0.406 e. The summed E-state index contributed by atoms with van der Waals surface area (Å²) in [5.41, 5.74) is 0.610. The number of hydrogen-bond donors (Lipinski definition) is 1. The van der Waals surface area contributed by atoms with Crippen molar-refractivity contribution in [3.63, 3.8) is 0 Å². The van der Waals surface area contributed by atoms with Crippen LogP contribution in [-0.2, 0) is 4.74 Å². The molecule has 1 N–H and O–H groups in total. The summed E-state index contributed by atoms with van der Waals surface area (Å²) in [5, 5.41) is 11.8. The maximum absolute atomic E-state index is 11.0. The monoisotopic (exact) mass is 274 g/mol. The first-order valence-electron chi connectivity index (χ1n) is 6.66. The molecule has 20 heavy (non-hydrogen) atoms. The molecule has 0 atom stereocenters. The second-order valence-electron chi connectivity index (χ2n) is 4.79. The van der Waals surface area contributed by atoms with Gasteiger partial charge in [0.15, 0.2) is 0 Å². The van der Waals surface area contributed by atoms with Crippen LogP contribution in [0, 0.1) is 17.2 Å². The minimum absolute atomic E-state index is 0.385. The number of nitrogens with zero attached hydrogens (tertiary/aromatic N) is 3. The highest BCUT2D eigenvalue weighted by Crippen LogP contribution is 2.23. The van der Waals surface area contributed by atoms with E-state index in [0.29, 0.717) is 18.0 Å². The molecule has 1 aliphatic heterocycles. The lowest BCUT2D eigenvalue weighted by molar-refractivity contribution is 0.168. The number of alkyl carbamates (subject to hydrolysis) is 1. The third-order valence-corrected chi connectivity index (χ3v) is 3.54.